The molecule has 4 fully saturated rings. The number of aromatic hydroxyl groups is 1. The van der Waals surface area contributed by atoms with Gasteiger partial charge in [-0.3, -0.25) is 19.6 Å². The smallest absolute Gasteiger partial charge is 0.413 e. The van der Waals surface area contributed by atoms with Gasteiger partial charge in [0.05, 0.1) is 28.9 Å². The standard InChI is InChI=1S/C40H42F2N6O6/c1-5-24-8-6-9-25-14-29(49)15-30(32(24)25)34-33(42)35-31(17-43-34)36(45-38(44-35)52-21-40-12-7-13-47(40)18-26(41)16-40)46-19-27-10-11-28(20-46)48(27)39(51)54-23(4)53-37(50)22(2)3/h1,6,8-9,14-15,17,22-23,26-28,49H,7,10-13,16,18-21H2,2-4H3/t23?,26-,27?,28?,40+/m1/s1. The molecule has 1 amide bonds. The number of piperazine rings is 1. The number of benzene rings is 2. The predicted octanol–water partition coefficient (Wildman–Crippen LogP) is 5.96. The molecular weight excluding hydrogens is 698 g/mol. The molecule has 0 aliphatic carbocycles. The highest BCUT2D eigenvalue weighted by molar-refractivity contribution is 6.02. The Morgan fingerprint density at radius 2 is 1.89 bits per heavy atom. The molecule has 1 N–H and O–H groups in total. The third-order valence-electron chi connectivity index (χ3n) is 11.3. The molecule has 3 unspecified atom stereocenters. The van der Waals surface area contributed by atoms with Crippen LogP contribution < -0.4 is 9.64 Å². The lowest BCUT2D eigenvalue weighted by molar-refractivity contribution is -0.170. The van der Waals surface area contributed by atoms with Crippen molar-refractivity contribution in [2.24, 2.45) is 5.92 Å². The van der Waals surface area contributed by atoms with Gasteiger partial charge in [-0.05, 0) is 55.8 Å². The number of hydrogen-bond donors (Lipinski definition) is 1. The van der Waals surface area contributed by atoms with Crippen LogP contribution in [0.2, 0.25) is 0 Å². The van der Waals surface area contributed by atoms with Crippen LogP contribution in [0.15, 0.2) is 36.5 Å². The number of nitrogens with zero attached hydrogens (tertiary/aromatic N) is 6. The number of anilines is 1. The second-order valence-corrected chi connectivity index (χ2v) is 15.2. The second-order valence-electron chi connectivity index (χ2n) is 15.2. The summed E-state index contributed by atoms with van der Waals surface area (Å²) < 4.78 is 48.8. The maximum absolute atomic E-state index is 17.1. The normalized spacial score (nSPS) is 24.2. The minimum absolute atomic E-state index is 0.0415. The molecule has 5 atom stereocenters. The van der Waals surface area contributed by atoms with E-state index in [0.717, 1.165) is 19.4 Å². The first-order valence-corrected chi connectivity index (χ1v) is 18.5. The van der Waals surface area contributed by atoms with Crippen molar-refractivity contribution in [2.45, 2.75) is 83.0 Å². The van der Waals surface area contributed by atoms with Gasteiger partial charge in [0.25, 0.3) is 0 Å². The average molecular weight is 741 g/mol. The first-order valence-electron chi connectivity index (χ1n) is 18.5. The van der Waals surface area contributed by atoms with Crippen LogP contribution in [0.25, 0.3) is 32.9 Å². The molecule has 8 rings (SSSR count). The highest BCUT2D eigenvalue weighted by Gasteiger charge is 2.50. The Labute approximate surface area is 311 Å². The van der Waals surface area contributed by atoms with Crippen molar-refractivity contribution >= 4 is 39.6 Å². The first-order chi connectivity index (χ1) is 25.9. The SMILES string of the molecule is C#Cc1cccc2cc(O)cc(-c3ncc4c(N5CC6CCC(C5)N6C(=O)OC(C)OC(=O)C(C)C)nc(OC[C@@]56CCCN5C[C@H](F)C6)nc4c3F)c12. The maximum atomic E-state index is 17.1. The maximum Gasteiger partial charge on any atom is 0.413 e. The van der Waals surface area contributed by atoms with E-state index in [1.54, 1.807) is 43.0 Å². The highest BCUT2D eigenvalue weighted by Crippen LogP contribution is 2.42. The van der Waals surface area contributed by atoms with Crippen molar-refractivity contribution in [1.82, 2.24) is 24.8 Å². The zero-order valence-electron chi connectivity index (χ0n) is 30.4. The molecule has 0 spiro atoms. The summed E-state index contributed by atoms with van der Waals surface area (Å²) in [5.41, 5.74) is 0.231. The zero-order valence-corrected chi connectivity index (χ0v) is 30.4. The molecule has 14 heteroatoms. The largest absolute Gasteiger partial charge is 0.508 e. The number of carbonyl (C=O) groups excluding carboxylic acids is 2. The van der Waals surface area contributed by atoms with Crippen LogP contribution in [0.3, 0.4) is 0 Å². The number of esters is 1. The third kappa shape index (κ3) is 6.28. The number of halogens is 2. The monoisotopic (exact) mass is 740 g/mol. The summed E-state index contributed by atoms with van der Waals surface area (Å²) in [7, 11) is 0. The average Bonchev–Trinajstić information content (AvgIpc) is 3.76. The molecule has 2 aromatic heterocycles. The van der Waals surface area contributed by atoms with E-state index in [4.69, 9.17) is 25.6 Å². The number of phenolic OH excluding ortho intramolecular Hbond substituents is 1. The molecular formula is C40H42F2N6O6. The molecule has 0 radical (unpaired) electrons. The van der Waals surface area contributed by atoms with Gasteiger partial charge >= 0.3 is 18.1 Å². The summed E-state index contributed by atoms with van der Waals surface area (Å²) in [6.07, 6.45) is 8.21. The second kappa shape index (κ2) is 13.8. The van der Waals surface area contributed by atoms with Crippen LogP contribution in [0.5, 0.6) is 11.8 Å². The van der Waals surface area contributed by atoms with E-state index in [1.807, 2.05) is 4.90 Å². The molecule has 282 valence electrons. The first kappa shape index (κ1) is 35.7. The minimum atomic E-state index is -1.05. The van der Waals surface area contributed by atoms with Crippen LogP contribution in [-0.4, -0.2) is 105 Å². The van der Waals surface area contributed by atoms with E-state index in [0.29, 0.717) is 72.0 Å². The Kier molecular flexibility index (Phi) is 9.16. The number of carbonyl (C=O) groups is 2. The lowest BCUT2D eigenvalue weighted by atomic mass is 9.95. The van der Waals surface area contributed by atoms with Crippen molar-refractivity contribution in [2.75, 3.05) is 37.7 Å². The fourth-order valence-electron chi connectivity index (χ4n) is 8.78. The van der Waals surface area contributed by atoms with E-state index in [1.165, 1.54) is 19.2 Å². The molecule has 6 heterocycles. The van der Waals surface area contributed by atoms with Crippen LogP contribution >= 0.6 is 0 Å². The van der Waals surface area contributed by atoms with Crippen molar-refractivity contribution in [3.8, 4) is 35.4 Å². The van der Waals surface area contributed by atoms with Gasteiger partial charge in [0.2, 0.25) is 6.29 Å². The van der Waals surface area contributed by atoms with Gasteiger partial charge < -0.3 is 24.2 Å². The molecule has 2 aromatic carbocycles. The van der Waals surface area contributed by atoms with E-state index < -0.39 is 35.9 Å². The van der Waals surface area contributed by atoms with E-state index >= 15 is 4.39 Å². The number of pyridine rings is 1. The Balaban J connectivity index is 1.16. The Morgan fingerprint density at radius 3 is 2.63 bits per heavy atom. The van der Waals surface area contributed by atoms with Crippen molar-refractivity contribution < 1.29 is 37.7 Å². The lowest BCUT2D eigenvalue weighted by Crippen LogP contribution is -2.56. The number of hydrogen-bond acceptors (Lipinski definition) is 11. The molecule has 2 bridgehead atoms. The topological polar surface area (TPSA) is 130 Å². The van der Waals surface area contributed by atoms with Crippen molar-refractivity contribution in [3.63, 3.8) is 0 Å². The number of amides is 1. The fraction of sp³-hybridized carbons (Fsp3) is 0.475. The minimum Gasteiger partial charge on any atom is -0.508 e. The third-order valence-corrected chi connectivity index (χ3v) is 11.3. The van der Waals surface area contributed by atoms with Gasteiger partial charge in [-0.25, -0.2) is 13.6 Å². The number of rotatable bonds is 8. The number of fused-ring (bicyclic) bond motifs is 5. The summed E-state index contributed by atoms with van der Waals surface area (Å²) in [5.74, 6) is 1.38. The number of phenols is 1. The molecule has 4 aromatic rings. The molecule has 54 heavy (non-hydrogen) atoms. The quantitative estimate of drug-likeness (QED) is 0.131. The molecule has 4 aliphatic rings. The molecule has 12 nitrogen and oxygen atoms in total. The summed E-state index contributed by atoms with van der Waals surface area (Å²) in [6, 6.07) is 7.70. The number of terminal acetylenes is 1. The summed E-state index contributed by atoms with van der Waals surface area (Å²) in [5, 5.41) is 12.2. The zero-order chi connectivity index (χ0) is 37.9. The van der Waals surface area contributed by atoms with Gasteiger partial charge in [-0.2, -0.15) is 9.97 Å². The van der Waals surface area contributed by atoms with Gasteiger partial charge in [0.15, 0.2) is 5.82 Å². The Morgan fingerprint density at radius 1 is 1.11 bits per heavy atom. The summed E-state index contributed by atoms with van der Waals surface area (Å²) in [6.45, 7) is 6.89. The number of aromatic nitrogens is 3. The lowest BCUT2D eigenvalue weighted by Gasteiger charge is -2.41. The van der Waals surface area contributed by atoms with Crippen LogP contribution in [0.4, 0.5) is 19.4 Å². The van der Waals surface area contributed by atoms with E-state index in [9.17, 15) is 19.1 Å². The molecule has 4 aliphatic heterocycles. The Bertz CT molecular complexity index is 2180. The fourth-order valence-corrected chi connectivity index (χ4v) is 8.78. The molecule has 4 saturated heterocycles. The number of ether oxygens (including phenoxy) is 3. The van der Waals surface area contributed by atoms with Crippen LogP contribution in [-0.2, 0) is 14.3 Å². The van der Waals surface area contributed by atoms with Crippen molar-refractivity contribution in [1.29, 1.82) is 0 Å². The van der Waals surface area contributed by atoms with Gasteiger partial charge in [0.1, 0.15) is 35.6 Å². The van der Waals surface area contributed by atoms with E-state index in [2.05, 4.69) is 20.8 Å². The van der Waals surface area contributed by atoms with Crippen LogP contribution in [0, 0.1) is 24.1 Å². The highest BCUT2D eigenvalue weighted by atomic mass is 19.1. The predicted molar refractivity (Wildman–Crippen MR) is 196 cm³/mol. The summed E-state index contributed by atoms with van der Waals surface area (Å²) >= 11 is 0. The summed E-state index contributed by atoms with van der Waals surface area (Å²) in [4.78, 5) is 45.2. The van der Waals surface area contributed by atoms with Gasteiger partial charge in [0, 0.05) is 55.7 Å². The number of alkyl halides is 1. The van der Waals surface area contributed by atoms with Crippen LogP contribution in [0.1, 0.15) is 58.4 Å². The van der Waals surface area contributed by atoms with E-state index in [-0.39, 0.29) is 47.6 Å². The Hall–Kier alpha value is -5.29. The van der Waals surface area contributed by atoms with Crippen molar-refractivity contribution in [3.05, 3.63) is 47.9 Å². The molecule has 0 saturated carbocycles. The van der Waals surface area contributed by atoms with Gasteiger partial charge in [-0.1, -0.05) is 31.9 Å². The van der Waals surface area contributed by atoms with Gasteiger partial charge in [-0.15, -0.1) is 6.42 Å².